The Morgan fingerprint density at radius 3 is 2.33 bits per heavy atom. The number of methoxy groups -OCH3 is 1. The van der Waals surface area contributed by atoms with Crippen molar-refractivity contribution in [3.63, 3.8) is 0 Å². The zero-order valence-corrected chi connectivity index (χ0v) is 13.8. The lowest BCUT2D eigenvalue weighted by Gasteiger charge is -2.51. The molecular formula is C15H22F3NO5. The predicted octanol–water partition coefficient (Wildman–Crippen LogP) is 1.63. The molecule has 2 aliphatic rings. The minimum Gasteiger partial charge on any atom is -0.467 e. The fourth-order valence-corrected chi connectivity index (χ4v) is 3.48. The lowest BCUT2D eigenvalue weighted by molar-refractivity contribution is -0.255. The van der Waals surface area contributed by atoms with Gasteiger partial charge in [0.15, 0.2) is 6.29 Å². The van der Waals surface area contributed by atoms with E-state index in [9.17, 15) is 22.8 Å². The van der Waals surface area contributed by atoms with Gasteiger partial charge in [-0.25, -0.2) is 4.79 Å². The fourth-order valence-electron chi connectivity index (χ4n) is 3.48. The highest BCUT2D eigenvalue weighted by Gasteiger charge is 2.63. The van der Waals surface area contributed by atoms with Crippen molar-refractivity contribution in [2.75, 3.05) is 20.3 Å². The molecule has 0 bridgehead atoms. The van der Waals surface area contributed by atoms with Gasteiger partial charge in [0.25, 0.3) is 0 Å². The van der Waals surface area contributed by atoms with Crippen molar-refractivity contribution < 1.29 is 37.0 Å². The molecule has 2 fully saturated rings. The van der Waals surface area contributed by atoms with Crippen molar-refractivity contribution >= 4 is 11.9 Å². The third-order valence-electron chi connectivity index (χ3n) is 4.60. The van der Waals surface area contributed by atoms with Crippen LogP contribution >= 0.6 is 0 Å². The lowest BCUT2D eigenvalue weighted by Crippen LogP contribution is -2.59. The zero-order valence-electron chi connectivity index (χ0n) is 13.8. The monoisotopic (exact) mass is 353 g/mol. The average molecular weight is 353 g/mol. The summed E-state index contributed by atoms with van der Waals surface area (Å²) in [5.41, 5.74) is -1.00. The van der Waals surface area contributed by atoms with Crippen molar-refractivity contribution in [2.24, 2.45) is 17.3 Å². The van der Waals surface area contributed by atoms with E-state index in [2.05, 4.69) is 10.1 Å². The smallest absolute Gasteiger partial charge is 0.393 e. The molecule has 0 aromatic rings. The normalized spacial score (nSPS) is 28.1. The van der Waals surface area contributed by atoms with Crippen LogP contribution in [0.15, 0.2) is 0 Å². The first-order valence-corrected chi connectivity index (χ1v) is 7.74. The highest BCUT2D eigenvalue weighted by molar-refractivity contribution is 5.86. The molecule has 9 heteroatoms. The third kappa shape index (κ3) is 4.00. The Bertz CT molecular complexity index is 478. The van der Waals surface area contributed by atoms with Crippen LogP contribution in [-0.2, 0) is 23.8 Å². The molecule has 1 N–H and O–H groups in total. The van der Waals surface area contributed by atoms with Gasteiger partial charge in [0.2, 0.25) is 5.91 Å². The van der Waals surface area contributed by atoms with Crippen molar-refractivity contribution in [2.45, 2.75) is 45.2 Å². The summed E-state index contributed by atoms with van der Waals surface area (Å²) >= 11 is 0. The van der Waals surface area contributed by atoms with E-state index in [0.29, 0.717) is 13.2 Å². The number of carbonyl (C=O) groups is 2. The van der Waals surface area contributed by atoms with Gasteiger partial charge in [0, 0.05) is 6.42 Å². The minimum atomic E-state index is -4.47. The molecule has 3 unspecified atom stereocenters. The molecule has 0 spiro atoms. The van der Waals surface area contributed by atoms with Crippen LogP contribution in [0, 0.1) is 17.3 Å². The van der Waals surface area contributed by atoms with Gasteiger partial charge in [0.05, 0.1) is 32.2 Å². The Hall–Kier alpha value is -1.35. The van der Waals surface area contributed by atoms with Crippen molar-refractivity contribution in [1.29, 1.82) is 0 Å². The average Bonchev–Trinajstić information content (AvgIpc) is 2.94. The number of nitrogens with one attached hydrogen (secondary N) is 1. The molecule has 138 valence electrons. The van der Waals surface area contributed by atoms with Crippen LogP contribution in [0.2, 0.25) is 0 Å². The molecule has 24 heavy (non-hydrogen) atoms. The Balaban J connectivity index is 2.03. The molecule has 0 aromatic heterocycles. The van der Waals surface area contributed by atoms with E-state index in [1.54, 1.807) is 0 Å². The number of carbonyl (C=O) groups excluding carboxylic acids is 2. The minimum absolute atomic E-state index is 0.00872. The SMILES string of the molecule is COC(=O)C(CC1OCCO1)NC(=O)C1CC(C)(C)C1C(F)(F)F. The molecule has 1 aliphatic carbocycles. The fraction of sp³-hybridized carbons (Fsp3) is 0.867. The van der Waals surface area contributed by atoms with E-state index in [4.69, 9.17) is 9.47 Å². The van der Waals surface area contributed by atoms with Crippen LogP contribution in [0.1, 0.15) is 26.7 Å². The van der Waals surface area contributed by atoms with Gasteiger partial charge in [0.1, 0.15) is 6.04 Å². The standard InChI is InChI=1S/C15H22F3NO5/c1-14(2)7-8(11(14)15(16,17)18)12(20)19-9(13(21)22-3)6-10-23-4-5-24-10/h8-11H,4-7H2,1-3H3,(H,19,20). The van der Waals surface area contributed by atoms with Gasteiger partial charge in [-0.3, -0.25) is 4.79 Å². The summed E-state index contributed by atoms with van der Waals surface area (Å²) in [6, 6.07) is -1.11. The highest BCUT2D eigenvalue weighted by atomic mass is 19.4. The Morgan fingerprint density at radius 1 is 1.29 bits per heavy atom. The maximum absolute atomic E-state index is 13.2. The second-order valence-electron chi connectivity index (χ2n) is 6.81. The number of halogens is 3. The van der Waals surface area contributed by atoms with Crippen LogP contribution in [0.3, 0.4) is 0 Å². The molecule has 1 saturated carbocycles. The van der Waals surface area contributed by atoms with Crippen LogP contribution in [-0.4, -0.2) is 50.7 Å². The number of hydrogen-bond donors (Lipinski definition) is 1. The molecule has 1 saturated heterocycles. The van der Waals surface area contributed by atoms with Crippen molar-refractivity contribution in [1.82, 2.24) is 5.32 Å². The van der Waals surface area contributed by atoms with Crippen molar-refractivity contribution in [3.05, 3.63) is 0 Å². The first-order chi connectivity index (χ1) is 11.1. The summed E-state index contributed by atoms with van der Waals surface area (Å²) in [4.78, 5) is 24.1. The first-order valence-electron chi connectivity index (χ1n) is 7.74. The lowest BCUT2D eigenvalue weighted by atomic mass is 9.55. The Kier molecular flexibility index (Phi) is 5.44. The number of rotatable bonds is 5. The summed E-state index contributed by atoms with van der Waals surface area (Å²) in [6.07, 6.45) is -5.06. The van der Waals surface area contributed by atoms with E-state index in [-0.39, 0.29) is 12.8 Å². The number of alkyl halides is 3. The summed E-state index contributed by atoms with van der Waals surface area (Å²) < 4.78 is 54.6. The zero-order chi connectivity index (χ0) is 18.1. The molecule has 0 radical (unpaired) electrons. The third-order valence-corrected chi connectivity index (χ3v) is 4.60. The van der Waals surface area contributed by atoms with Gasteiger partial charge in [-0.15, -0.1) is 0 Å². The summed E-state index contributed by atoms with van der Waals surface area (Å²) in [6.45, 7) is 3.68. The number of amides is 1. The number of hydrogen-bond acceptors (Lipinski definition) is 5. The van der Waals surface area contributed by atoms with Crippen LogP contribution < -0.4 is 5.32 Å². The molecule has 1 heterocycles. The van der Waals surface area contributed by atoms with Crippen molar-refractivity contribution in [3.8, 4) is 0 Å². The van der Waals surface area contributed by atoms with E-state index in [0.717, 1.165) is 7.11 Å². The predicted molar refractivity (Wildman–Crippen MR) is 75.7 cm³/mol. The summed E-state index contributed by atoms with van der Waals surface area (Å²) in [5.74, 6) is -4.49. The Labute approximate surface area is 138 Å². The van der Waals surface area contributed by atoms with E-state index < -0.39 is 47.6 Å². The maximum atomic E-state index is 13.2. The molecule has 1 amide bonds. The largest absolute Gasteiger partial charge is 0.467 e. The molecule has 1 aliphatic heterocycles. The van der Waals surface area contributed by atoms with E-state index in [1.807, 2.05) is 0 Å². The maximum Gasteiger partial charge on any atom is 0.393 e. The topological polar surface area (TPSA) is 73.9 Å². The first kappa shape index (κ1) is 19.0. The summed E-state index contributed by atoms with van der Waals surface area (Å²) in [5, 5.41) is 2.36. The van der Waals surface area contributed by atoms with Crippen LogP contribution in [0.5, 0.6) is 0 Å². The van der Waals surface area contributed by atoms with Gasteiger partial charge in [-0.05, 0) is 11.8 Å². The van der Waals surface area contributed by atoms with Gasteiger partial charge in [-0.1, -0.05) is 13.8 Å². The molecule has 6 nitrogen and oxygen atoms in total. The molecular weight excluding hydrogens is 331 g/mol. The van der Waals surface area contributed by atoms with Crippen LogP contribution in [0.4, 0.5) is 13.2 Å². The Morgan fingerprint density at radius 2 is 1.88 bits per heavy atom. The van der Waals surface area contributed by atoms with Gasteiger partial charge in [-0.2, -0.15) is 13.2 Å². The van der Waals surface area contributed by atoms with E-state index in [1.165, 1.54) is 13.8 Å². The molecule has 0 aromatic carbocycles. The number of ether oxygens (including phenoxy) is 3. The molecule has 3 atom stereocenters. The van der Waals surface area contributed by atoms with Gasteiger partial charge >= 0.3 is 12.1 Å². The second-order valence-corrected chi connectivity index (χ2v) is 6.81. The van der Waals surface area contributed by atoms with Crippen LogP contribution in [0.25, 0.3) is 0 Å². The number of esters is 1. The van der Waals surface area contributed by atoms with Gasteiger partial charge < -0.3 is 19.5 Å². The molecule has 2 rings (SSSR count). The van der Waals surface area contributed by atoms with E-state index >= 15 is 0 Å². The quantitative estimate of drug-likeness (QED) is 0.761. The highest BCUT2D eigenvalue weighted by Crippen LogP contribution is 2.57. The second kappa shape index (κ2) is 6.87. The summed E-state index contributed by atoms with van der Waals surface area (Å²) in [7, 11) is 1.14.